The van der Waals surface area contributed by atoms with Gasteiger partial charge in [0.05, 0.1) is 6.42 Å². The molecular formula is C18H27NO3. The lowest BCUT2D eigenvalue weighted by Gasteiger charge is -2.19. The maximum atomic E-state index is 11.8. The van der Waals surface area contributed by atoms with Crippen LogP contribution in [0, 0.1) is 5.41 Å². The Hall–Kier alpha value is -1.84. The third-order valence-corrected chi connectivity index (χ3v) is 3.07. The zero-order valence-electron chi connectivity index (χ0n) is 14.4. The molecule has 0 aliphatic rings. The number of anilines is 1. The van der Waals surface area contributed by atoms with Gasteiger partial charge in [0.25, 0.3) is 5.91 Å². The van der Waals surface area contributed by atoms with Gasteiger partial charge in [-0.2, -0.15) is 0 Å². The molecule has 0 saturated carbocycles. The van der Waals surface area contributed by atoms with Crippen LogP contribution in [0.1, 0.15) is 53.5 Å². The molecule has 0 radical (unpaired) electrons. The van der Waals surface area contributed by atoms with E-state index in [9.17, 15) is 9.59 Å². The summed E-state index contributed by atoms with van der Waals surface area (Å²) >= 11 is 0. The summed E-state index contributed by atoms with van der Waals surface area (Å²) in [5, 5.41) is 2.72. The van der Waals surface area contributed by atoms with Crippen molar-refractivity contribution >= 4 is 17.6 Å². The number of nitrogens with one attached hydrogen (secondary N) is 1. The van der Waals surface area contributed by atoms with Crippen molar-refractivity contribution in [1.82, 2.24) is 0 Å². The van der Waals surface area contributed by atoms with Gasteiger partial charge in [-0.15, -0.1) is 0 Å². The molecule has 0 heterocycles. The van der Waals surface area contributed by atoms with Gasteiger partial charge in [0.1, 0.15) is 0 Å². The number of carbonyl (C=O) groups excluding carboxylic acids is 2. The molecule has 0 bridgehead atoms. The van der Waals surface area contributed by atoms with Crippen molar-refractivity contribution in [3.05, 3.63) is 29.8 Å². The SMILES string of the molecule is CC(C)(C)CC(=O)OCC(=O)Nc1ccc(C(C)(C)C)cc1. The van der Waals surface area contributed by atoms with Gasteiger partial charge in [-0.05, 0) is 28.5 Å². The van der Waals surface area contributed by atoms with Gasteiger partial charge in [0.15, 0.2) is 6.61 Å². The third kappa shape index (κ3) is 6.74. The van der Waals surface area contributed by atoms with E-state index in [0.29, 0.717) is 12.1 Å². The number of benzene rings is 1. The first kappa shape index (κ1) is 18.2. The molecule has 122 valence electrons. The van der Waals surface area contributed by atoms with Crippen LogP contribution < -0.4 is 5.32 Å². The Labute approximate surface area is 133 Å². The summed E-state index contributed by atoms with van der Waals surface area (Å²) in [6.07, 6.45) is 0.292. The van der Waals surface area contributed by atoms with E-state index in [1.54, 1.807) is 0 Å². The summed E-state index contributed by atoms with van der Waals surface area (Å²) in [6.45, 7) is 12.0. The van der Waals surface area contributed by atoms with Crippen molar-refractivity contribution in [3.8, 4) is 0 Å². The molecule has 0 unspecified atom stereocenters. The van der Waals surface area contributed by atoms with Crippen LogP contribution in [0.2, 0.25) is 0 Å². The standard InChI is InChI=1S/C18H27NO3/c1-17(2,3)11-16(21)22-12-15(20)19-14-9-7-13(8-10-14)18(4,5)6/h7-10H,11-12H2,1-6H3,(H,19,20). The molecule has 4 nitrogen and oxygen atoms in total. The van der Waals surface area contributed by atoms with Gasteiger partial charge in [0.2, 0.25) is 0 Å². The highest BCUT2D eigenvalue weighted by Gasteiger charge is 2.18. The highest BCUT2D eigenvalue weighted by Crippen LogP contribution is 2.23. The maximum Gasteiger partial charge on any atom is 0.306 e. The number of ether oxygens (including phenoxy) is 1. The number of rotatable bonds is 4. The Balaban J connectivity index is 2.47. The normalized spacial score (nSPS) is 11.9. The predicted molar refractivity (Wildman–Crippen MR) is 88.8 cm³/mol. The fourth-order valence-corrected chi connectivity index (χ4v) is 1.88. The van der Waals surface area contributed by atoms with Crippen LogP contribution in [0.4, 0.5) is 5.69 Å². The van der Waals surface area contributed by atoms with Crippen LogP contribution in [-0.2, 0) is 19.7 Å². The lowest BCUT2D eigenvalue weighted by atomic mass is 9.87. The molecule has 22 heavy (non-hydrogen) atoms. The molecule has 0 aromatic heterocycles. The van der Waals surface area contributed by atoms with Crippen molar-refractivity contribution in [2.45, 2.75) is 53.4 Å². The minimum atomic E-state index is -0.356. The van der Waals surface area contributed by atoms with E-state index in [1.165, 1.54) is 5.56 Å². The second kappa shape index (κ2) is 6.95. The lowest BCUT2D eigenvalue weighted by molar-refractivity contribution is -0.149. The van der Waals surface area contributed by atoms with E-state index in [4.69, 9.17) is 4.74 Å². The molecule has 1 amide bonds. The van der Waals surface area contributed by atoms with Crippen molar-refractivity contribution in [2.75, 3.05) is 11.9 Å². The molecule has 0 saturated heterocycles. The molecule has 0 spiro atoms. The van der Waals surface area contributed by atoms with Gasteiger partial charge < -0.3 is 10.1 Å². The molecule has 0 aliphatic carbocycles. The van der Waals surface area contributed by atoms with E-state index in [-0.39, 0.29) is 29.3 Å². The summed E-state index contributed by atoms with van der Waals surface area (Å²) in [5.41, 5.74) is 1.83. The molecule has 1 rings (SSSR count). The van der Waals surface area contributed by atoms with Gasteiger partial charge in [-0.3, -0.25) is 9.59 Å². The van der Waals surface area contributed by atoms with E-state index in [0.717, 1.165) is 0 Å². The molecule has 4 heteroatoms. The maximum absolute atomic E-state index is 11.8. The highest BCUT2D eigenvalue weighted by atomic mass is 16.5. The van der Waals surface area contributed by atoms with Crippen molar-refractivity contribution in [1.29, 1.82) is 0 Å². The second-order valence-corrected chi connectivity index (χ2v) is 7.77. The molecular weight excluding hydrogens is 278 g/mol. The summed E-state index contributed by atoms with van der Waals surface area (Å²) in [7, 11) is 0. The smallest absolute Gasteiger partial charge is 0.306 e. The van der Waals surface area contributed by atoms with E-state index in [1.807, 2.05) is 45.0 Å². The first-order chi connectivity index (χ1) is 9.97. The van der Waals surface area contributed by atoms with E-state index >= 15 is 0 Å². The van der Waals surface area contributed by atoms with Crippen molar-refractivity contribution in [3.63, 3.8) is 0 Å². The van der Waals surface area contributed by atoms with Gasteiger partial charge in [-0.1, -0.05) is 53.7 Å². The van der Waals surface area contributed by atoms with E-state index < -0.39 is 0 Å². The molecule has 1 N–H and O–H groups in total. The van der Waals surface area contributed by atoms with Crippen molar-refractivity contribution in [2.24, 2.45) is 5.41 Å². The monoisotopic (exact) mass is 305 g/mol. The third-order valence-electron chi connectivity index (χ3n) is 3.07. The summed E-state index contributed by atoms with van der Waals surface area (Å²) in [4.78, 5) is 23.3. The Morgan fingerprint density at radius 2 is 1.55 bits per heavy atom. The molecule has 0 aliphatic heterocycles. The highest BCUT2D eigenvalue weighted by molar-refractivity contribution is 5.92. The van der Waals surface area contributed by atoms with Gasteiger partial charge in [0, 0.05) is 5.69 Å². The van der Waals surface area contributed by atoms with Crippen molar-refractivity contribution < 1.29 is 14.3 Å². The van der Waals surface area contributed by atoms with Crippen LogP contribution in [0.15, 0.2) is 24.3 Å². The average Bonchev–Trinajstić information content (AvgIpc) is 2.34. The average molecular weight is 305 g/mol. The molecule has 1 aromatic carbocycles. The summed E-state index contributed by atoms with van der Waals surface area (Å²) < 4.78 is 4.98. The first-order valence-corrected chi connectivity index (χ1v) is 7.53. The van der Waals surface area contributed by atoms with Crippen LogP contribution >= 0.6 is 0 Å². The number of hydrogen-bond acceptors (Lipinski definition) is 3. The Morgan fingerprint density at radius 3 is 2.00 bits per heavy atom. The molecule has 0 atom stereocenters. The minimum Gasteiger partial charge on any atom is -0.456 e. The van der Waals surface area contributed by atoms with Crippen LogP contribution in [0.5, 0.6) is 0 Å². The first-order valence-electron chi connectivity index (χ1n) is 7.53. The number of hydrogen-bond donors (Lipinski definition) is 1. The Bertz CT molecular complexity index is 519. The number of carbonyl (C=O) groups is 2. The van der Waals surface area contributed by atoms with E-state index in [2.05, 4.69) is 26.1 Å². The second-order valence-electron chi connectivity index (χ2n) is 7.77. The summed E-state index contributed by atoms with van der Waals surface area (Å²) in [5.74, 6) is -0.684. The Morgan fingerprint density at radius 1 is 1.00 bits per heavy atom. The Kier molecular flexibility index (Phi) is 5.75. The van der Waals surface area contributed by atoms with Gasteiger partial charge in [-0.25, -0.2) is 0 Å². The number of amides is 1. The number of esters is 1. The predicted octanol–water partition coefficient (Wildman–Crippen LogP) is 3.90. The lowest BCUT2D eigenvalue weighted by Crippen LogP contribution is -2.23. The quantitative estimate of drug-likeness (QED) is 0.858. The summed E-state index contributed by atoms with van der Waals surface area (Å²) in [6, 6.07) is 7.69. The largest absolute Gasteiger partial charge is 0.456 e. The van der Waals surface area contributed by atoms with Crippen LogP contribution in [0.25, 0.3) is 0 Å². The van der Waals surface area contributed by atoms with Crippen LogP contribution in [-0.4, -0.2) is 18.5 Å². The molecule has 1 aromatic rings. The van der Waals surface area contributed by atoms with Gasteiger partial charge >= 0.3 is 5.97 Å². The zero-order chi connectivity index (χ0) is 17.0. The fraction of sp³-hybridized carbons (Fsp3) is 0.556. The molecule has 0 fully saturated rings. The zero-order valence-corrected chi connectivity index (χ0v) is 14.4. The minimum absolute atomic E-state index is 0.0744. The van der Waals surface area contributed by atoms with Crippen LogP contribution in [0.3, 0.4) is 0 Å². The topological polar surface area (TPSA) is 55.4 Å². The fourth-order valence-electron chi connectivity index (χ4n) is 1.88.